The lowest BCUT2D eigenvalue weighted by Gasteiger charge is -2.22. The molecule has 0 radical (unpaired) electrons. The van der Waals surface area contributed by atoms with Gasteiger partial charge < -0.3 is 10.4 Å². The van der Waals surface area contributed by atoms with E-state index < -0.39 is 21.8 Å². The number of anilines is 1. The van der Waals surface area contributed by atoms with E-state index in [1.54, 1.807) is 12.1 Å². The summed E-state index contributed by atoms with van der Waals surface area (Å²) < 4.78 is 42.2. The standard InChI is InChI=1S/C21H24BrFN2O4S.ClH/c1-25-18-9-6-5-8-14(18)21(24-11-7-3-2-4-10-20(26)27)15-12-17(23)16(22)13-19(15)30(25,28)29;/h5-6,8-9,13,24H,2-4,7,10-12H2,1H3,(H,26,27);1H. The Bertz CT molecular complexity index is 1050. The van der Waals surface area contributed by atoms with E-state index in [9.17, 15) is 17.6 Å². The predicted octanol–water partition coefficient (Wildman–Crippen LogP) is 5.09. The lowest BCUT2D eigenvalue weighted by molar-refractivity contribution is -0.137. The average molecular weight is 536 g/mol. The van der Waals surface area contributed by atoms with Gasteiger partial charge in [-0.05, 0) is 40.9 Å². The second kappa shape index (κ2) is 10.7. The number of allylic oxidation sites excluding steroid dienone is 4. The Morgan fingerprint density at radius 2 is 1.90 bits per heavy atom. The molecule has 6 nitrogen and oxygen atoms in total. The number of carbonyl (C=O) groups is 1. The number of carboxylic acid groups (broad SMARTS) is 1. The van der Waals surface area contributed by atoms with Crippen LogP contribution in [0.5, 0.6) is 0 Å². The van der Waals surface area contributed by atoms with E-state index in [2.05, 4.69) is 21.2 Å². The number of para-hydroxylation sites is 1. The van der Waals surface area contributed by atoms with E-state index in [-0.39, 0.29) is 34.6 Å². The molecule has 0 aromatic heterocycles. The number of unbranched alkanes of at least 4 members (excludes halogenated alkanes) is 3. The molecule has 0 saturated carbocycles. The first-order valence-electron chi connectivity index (χ1n) is 9.77. The number of halogens is 3. The summed E-state index contributed by atoms with van der Waals surface area (Å²) in [5.74, 6) is -1.21. The first-order chi connectivity index (χ1) is 14.2. The molecular weight excluding hydrogens is 511 g/mol. The molecule has 0 bridgehead atoms. The SMILES string of the molecule is CN1c2ccccc2C(NCCCCCCC(=O)O)=C2CC(F)=C(Br)C=C2S1(=O)=O.Cl. The van der Waals surface area contributed by atoms with Crippen LogP contribution in [0.3, 0.4) is 0 Å². The Balaban J connectivity index is 0.00000341. The van der Waals surface area contributed by atoms with Gasteiger partial charge >= 0.3 is 5.97 Å². The van der Waals surface area contributed by atoms with Gasteiger partial charge in [0.15, 0.2) is 0 Å². The van der Waals surface area contributed by atoms with Gasteiger partial charge in [-0.15, -0.1) is 12.4 Å². The molecule has 3 rings (SSSR count). The number of fused-ring (bicyclic) bond motifs is 2. The smallest absolute Gasteiger partial charge is 0.303 e. The molecule has 170 valence electrons. The molecule has 1 aliphatic heterocycles. The molecule has 2 aliphatic rings. The molecule has 0 amide bonds. The summed E-state index contributed by atoms with van der Waals surface area (Å²) in [6.07, 6.45) is 4.46. The van der Waals surface area contributed by atoms with Crippen LogP contribution >= 0.6 is 28.3 Å². The van der Waals surface area contributed by atoms with Gasteiger partial charge in [-0.2, -0.15) is 0 Å². The topological polar surface area (TPSA) is 86.7 Å². The predicted molar refractivity (Wildman–Crippen MR) is 126 cm³/mol. The molecule has 1 heterocycles. The van der Waals surface area contributed by atoms with Gasteiger partial charge in [0.05, 0.1) is 15.1 Å². The van der Waals surface area contributed by atoms with Crippen molar-refractivity contribution in [2.24, 2.45) is 0 Å². The Labute approximate surface area is 196 Å². The summed E-state index contributed by atoms with van der Waals surface area (Å²) >= 11 is 3.13. The number of hydrogen-bond donors (Lipinski definition) is 2. The maximum atomic E-state index is 14.4. The van der Waals surface area contributed by atoms with E-state index in [4.69, 9.17) is 5.11 Å². The second-order valence-electron chi connectivity index (χ2n) is 7.27. The summed E-state index contributed by atoms with van der Waals surface area (Å²) in [6.45, 7) is 0.573. The lowest BCUT2D eigenvalue weighted by Crippen LogP contribution is -2.28. The normalized spacial score (nSPS) is 17.3. The molecule has 1 aromatic carbocycles. The minimum atomic E-state index is -3.84. The van der Waals surface area contributed by atoms with Crippen molar-refractivity contribution >= 4 is 55.7 Å². The highest BCUT2D eigenvalue weighted by Crippen LogP contribution is 2.44. The zero-order valence-electron chi connectivity index (χ0n) is 17.0. The quantitative estimate of drug-likeness (QED) is 0.453. The first kappa shape index (κ1) is 25.4. The number of nitrogens with one attached hydrogen (secondary N) is 1. The lowest BCUT2D eigenvalue weighted by atomic mass is 9.98. The zero-order valence-corrected chi connectivity index (χ0v) is 20.2. The van der Waals surface area contributed by atoms with Gasteiger partial charge in [-0.1, -0.05) is 31.0 Å². The van der Waals surface area contributed by atoms with Gasteiger partial charge in [-0.25, -0.2) is 12.8 Å². The molecule has 0 unspecified atom stereocenters. The van der Waals surface area contributed by atoms with Gasteiger partial charge in [-0.3, -0.25) is 9.10 Å². The van der Waals surface area contributed by atoms with Crippen LogP contribution in [0.2, 0.25) is 0 Å². The van der Waals surface area contributed by atoms with Crippen LogP contribution in [0, 0.1) is 0 Å². The van der Waals surface area contributed by atoms with E-state index in [0.717, 1.165) is 19.3 Å². The fourth-order valence-electron chi connectivity index (χ4n) is 3.62. The monoisotopic (exact) mass is 534 g/mol. The highest BCUT2D eigenvalue weighted by atomic mass is 79.9. The average Bonchev–Trinajstić information content (AvgIpc) is 2.76. The van der Waals surface area contributed by atoms with Gasteiger partial charge in [0.1, 0.15) is 5.83 Å². The Hall–Kier alpha value is -1.84. The minimum Gasteiger partial charge on any atom is -0.481 e. The van der Waals surface area contributed by atoms with E-state index in [1.165, 1.54) is 17.4 Å². The molecule has 0 fully saturated rings. The van der Waals surface area contributed by atoms with Crippen molar-refractivity contribution in [1.82, 2.24) is 5.32 Å². The number of aliphatic carboxylic acids is 1. The number of hydrogen-bond acceptors (Lipinski definition) is 4. The van der Waals surface area contributed by atoms with Crippen molar-refractivity contribution in [3.05, 3.63) is 56.7 Å². The number of carboxylic acids is 1. The third-order valence-electron chi connectivity index (χ3n) is 5.22. The number of benzene rings is 1. The van der Waals surface area contributed by atoms with Crippen molar-refractivity contribution in [1.29, 1.82) is 0 Å². The fourth-order valence-corrected chi connectivity index (χ4v) is 5.60. The van der Waals surface area contributed by atoms with Crippen LogP contribution in [0.4, 0.5) is 10.1 Å². The van der Waals surface area contributed by atoms with Crippen molar-refractivity contribution < 1.29 is 22.7 Å². The van der Waals surface area contributed by atoms with Crippen molar-refractivity contribution in [2.45, 2.75) is 38.5 Å². The van der Waals surface area contributed by atoms with Crippen molar-refractivity contribution in [3.63, 3.8) is 0 Å². The molecule has 10 heteroatoms. The van der Waals surface area contributed by atoms with E-state index in [0.29, 0.717) is 35.5 Å². The maximum Gasteiger partial charge on any atom is 0.303 e. The maximum absolute atomic E-state index is 14.4. The van der Waals surface area contributed by atoms with Crippen molar-refractivity contribution in [3.8, 4) is 0 Å². The Kier molecular flexibility index (Phi) is 8.73. The summed E-state index contributed by atoms with van der Waals surface area (Å²) in [5, 5.41) is 12.0. The van der Waals surface area contributed by atoms with Crippen LogP contribution in [0.1, 0.15) is 44.1 Å². The van der Waals surface area contributed by atoms with Crippen LogP contribution in [-0.4, -0.2) is 33.1 Å². The Morgan fingerprint density at radius 3 is 2.61 bits per heavy atom. The van der Waals surface area contributed by atoms with Crippen LogP contribution in [-0.2, 0) is 14.8 Å². The van der Waals surface area contributed by atoms with Gasteiger partial charge in [0.2, 0.25) is 0 Å². The third-order valence-corrected chi connectivity index (χ3v) is 7.72. The number of nitrogens with zero attached hydrogens (tertiary/aromatic N) is 1. The molecule has 1 aliphatic carbocycles. The van der Waals surface area contributed by atoms with Gasteiger partial charge in [0.25, 0.3) is 10.0 Å². The van der Waals surface area contributed by atoms with Crippen LogP contribution in [0.15, 0.2) is 51.1 Å². The number of sulfonamides is 1. The molecule has 2 N–H and O–H groups in total. The minimum absolute atomic E-state index is 0. The summed E-state index contributed by atoms with van der Waals surface area (Å²) in [6, 6.07) is 7.16. The largest absolute Gasteiger partial charge is 0.481 e. The summed E-state index contributed by atoms with van der Waals surface area (Å²) in [7, 11) is -2.34. The highest BCUT2D eigenvalue weighted by Gasteiger charge is 2.36. The van der Waals surface area contributed by atoms with Crippen molar-refractivity contribution in [2.75, 3.05) is 17.9 Å². The molecular formula is C21H25BrClFN2O4S. The molecule has 0 spiro atoms. The fraction of sp³-hybridized carbons (Fsp3) is 0.381. The third kappa shape index (κ3) is 5.51. The van der Waals surface area contributed by atoms with Crippen LogP contribution in [0.25, 0.3) is 5.70 Å². The van der Waals surface area contributed by atoms with Gasteiger partial charge in [0, 0.05) is 43.3 Å². The molecule has 0 saturated heterocycles. The molecule has 31 heavy (non-hydrogen) atoms. The zero-order chi connectivity index (χ0) is 21.9. The first-order valence-corrected chi connectivity index (χ1v) is 12.0. The summed E-state index contributed by atoms with van der Waals surface area (Å²) in [5.41, 5.74) is 2.27. The summed E-state index contributed by atoms with van der Waals surface area (Å²) in [4.78, 5) is 10.7. The molecule has 0 atom stereocenters. The number of rotatable bonds is 8. The second-order valence-corrected chi connectivity index (χ2v) is 10.1. The highest BCUT2D eigenvalue weighted by molar-refractivity contribution is 9.11. The molecule has 1 aromatic rings. The van der Waals surface area contributed by atoms with E-state index >= 15 is 0 Å². The Morgan fingerprint density at radius 1 is 1.23 bits per heavy atom. The van der Waals surface area contributed by atoms with Crippen LogP contribution < -0.4 is 9.62 Å². The van der Waals surface area contributed by atoms with E-state index in [1.807, 2.05) is 12.1 Å².